The van der Waals surface area contributed by atoms with Gasteiger partial charge >= 0.3 is 0 Å². The Hall–Kier alpha value is -3.23. The maximum Gasteiger partial charge on any atom is 0.236 e. The molecule has 0 bridgehead atoms. The molecule has 4 aromatic rings. The van der Waals surface area contributed by atoms with Crippen LogP contribution in [0.3, 0.4) is 0 Å². The summed E-state index contributed by atoms with van der Waals surface area (Å²) < 4.78 is 7.17. The van der Waals surface area contributed by atoms with E-state index in [9.17, 15) is 4.79 Å². The number of aromatic nitrogens is 3. The molecule has 3 heterocycles. The fraction of sp³-hybridized carbons (Fsp3) is 0.136. The standard InChI is InChI=1S/C22H18ClN5O2S/c23-16-10-8-14(9-11-16)18-19(21(29)24-13-17-7-4-12-30-17)31-22-26-25-20(28(22)27-18)15-5-2-1-3-6-15/h1-12,18-19,27H,13H2,(H,24,29)/t18-,19-/m1/s1. The Morgan fingerprint density at radius 2 is 1.90 bits per heavy atom. The number of carbonyl (C=O) groups excluding carboxylic acids is 1. The summed E-state index contributed by atoms with van der Waals surface area (Å²) in [6, 6.07) is 20.6. The molecule has 0 radical (unpaired) electrons. The normalized spacial score (nSPS) is 17.6. The fourth-order valence-electron chi connectivity index (χ4n) is 3.44. The summed E-state index contributed by atoms with van der Waals surface area (Å²) in [6.07, 6.45) is 1.59. The summed E-state index contributed by atoms with van der Waals surface area (Å²) in [5.74, 6) is 1.26. The highest BCUT2D eigenvalue weighted by molar-refractivity contribution is 8.00. The van der Waals surface area contributed by atoms with E-state index >= 15 is 0 Å². The van der Waals surface area contributed by atoms with Crippen LogP contribution in [-0.2, 0) is 11.3 Å². The Balaban J connectivity index is 1.47. The Kier molecular flexibility index (Phi) is 5.40. The topological polar surface area (TPSA) is 85.0 Å². The van der Waals surface area contributed by atoms with Crippen LogP contribution < -0.4 is 10.7 Å². The predicted molar refractivity (Wildman–Crippen MR) is 119 cm³/mol. The smallest absolute Gasteiger partial charge is 0.236 e. The Bertz CT molecular complexity index is 1180. The average Bonchev–Trinajstić information content (AvgIpc) is 3.47. The second-order valence-corrected chi connectivity index (χ2v) is 8.55. The van der Waals surface area contributed by atoms with Crippen molar-refractivity contribution < 1.29 is 9.21 Å². The molecule has 7 nitrogen and oxygen atoms in total. The lowest BCUT2D eigenvalue weighted by molar-refractivity contribution is -0.121. The number of hydrogen-bond acceptors (Lipinski definition) is 6. The Morgan fingerprint density at radius 1 is 1.10 bits per heavy atom. The third-order valence-electron chi connectivity index (χ3n) is 4.97. The van der Waals surface area contributed by atoms with Gasteiger partial charge in [0, 0.05) is 10.6 Å². The minimum atomic E-state index is -0.462. The lowest BCUT2D eigenvalue weighted by Crippen LogP contribution is -2.43. The van der Waals surface area contributed by atoms with Crippen molar-refractivity contribution in [2.75, 3.05) is 5.43 Å². The molecule has 0 saturated carbocycles. The number of rotatable bonds is 5. The number of carbonyl (C=O) groups is 1. The van der Waals surface area contributed by atoms with Crippen molar-refractivity contribution in [1.29, 1.82) is 0 Å². The van der Waals surface area contributed by atoms with E-state index in [1.165, 1.54) is 11.8 Å². The van der Waals surface area contributed by atoms with Crippen molar-refractivity contribution >= 4 is 29.3 Å². The number of hydrogen-bond donors (Lipinski definition) is 2. The van der Waals surface area contributed by atoms with Crippen LogP contribution in [0.1, 0.15) is 17.4 Å². The first-order valence-corrected chi connectivity index (χ1v) is 10.9. The van der Waals surface area contributed by atoms with Crippen LogP contribution in [0.15, 0.2) is 82.6 Å². The zero-order valence-corrected chi connectivity index (χ0v) is 17.8. The number of thioether (sulfide) groups is 1. The van der Waals surface area contributed by atoms with E-state index in [1.54, 1.807) is 12.3 Å². The average molecular weight is 452 g/mol. The van der Waals surface area contributed by atoms with Crippen LogP contribution >= 0.6 is 23.4 Å². The summed E-state index contributed by atoms with van der Waals surface area (Å²) in [5.41, 5.74) is 5.32. The molecule has 1 aliphatic rings. The molecule has 2 atom stereocenters. The minimum Gasteiger partial charge on any atom is -0.467 e. The second-order valence-electron chi connectivity index (χ2n) is 7.00. The number of halogens is 1. The molecule has 2 N–H and O–H groups in total. The van der Waals surface area contributed by atoms with Gasteiger partial charge in [0.15, 0.2) is 5.82 Å². The molecule has 31 heavy (non-hydrogen) atoms. The summed E-state index contributed by atoms with van der Waals surface area (Å²) in [7, 11) is 0. The van der Waals surface area contributed by atoms with E-state index in [1.807, 2.05) is 65.3 Å². The van der Waals surface area contributed by atoms with Crippen LogP contribution in [0.2, 0.25) is 5.02 Å². The molecule has 0 saturated heterocycles. The molecule has 0 spiro atoms. The van der Waals surface area contributed by atoms with E-state index in [-0.39, 0.29) is 11.9 Å². The summed E-state index contributed by atoms with van der Waals surface area (Å²) in [6.45, 7) is 0.318. The number of fused-ring (bicyclic) bond motifs is 1. The van der Waals surface area contributed by atoms with Gasteiger partial charge in [0.05, 0.1) is 18.8 Å². The molecule has 9 heteroatoms. The third-order valence-corrected chi connectivity index (χ3v) is 6.44. The highest BCUT2D eigenvalue weighted by Gasteiger charge is 2.38. The van der Waals surface area contributed by atoms with E-state index in [4.69, 9.17) is 16.0 Å². The molecule has 5 rings (SSSR count). The largest absolute Gasteiger partial charge is 0.467 e. The monoisotopic (exact) mass is 451 g/mol. The van der Waals surface area contributed by atoms with Gasteiger partial charge in [-0.05, 0) is 29.8 Å². The number of amides is 1. The fourth-order valence-corrected chi connectivity index (χ4v) is 4.67. The molecular weight excluding hydrogens is 434 g/mol. The first-order chi connectivity index (χ1) is 15.2. The Labute approximate surface area is 187 Å². The lowest BCUT2D eigenvalue weighted by atomic mass is 10.0. The molecule has 156 valence electrons. The molecule has 0 unspecified atom stereocenters. The van der Waals surface area contributed by atoms with Crippen molar-refractivity contribution in [3.8, 4) is 11.4 Å². The van der Waals surface area contributed by atoms with E-state index in [2.05, 4.69) is 20.9 Å². The van der Waals surface area contributed by atoms with Crippen molar-refractivity contribution in [3.63, 3.8) is 0 Å². The van der Waals surface area contributed by atoms with Gasteiger partial charge in [0.1, 0.15) is 11.0 Å². The molecule has 1 amide bonds. The highest BCUT2D eigenvalue weighted by Crippen LogP contribution is 2.38. The van der Waals surface area contributed by atoms with E-state index in [0.717, 1.165) is 11.1 Å². The van der Waals surface area contributed by atoms with Gasteiger partial charge in [0.25, 0.3) is 0 Å². The van der Waals surface area contributed by atoms with Crippen LogP contribution in [0.5, 0.6) is 0 Å². The van der Waals surface area contributed by atoms with E-state index in [0.29, 0.717) is 28.3 Å². The minimum absolute atomic E-state index is 0.121. The summed E-state index contributed by atoms with van der Waals surface area (Å²) in [5, 5.41) is 12.4. The number of nitrogens with zero attached hydrogens (tertiary/aromatic N) is 3. The lowest BCUT2D eigenvalue weighted by Gasteiger charge is -2.33. The quantitative estimate of drug-likeness (QED) is 0.471. The molecule has 1 aliphatic heterocycles. The van der Waals surface area contributed by atoms with Crippen molar-refractivity contribution in [2.45, 2.75) is 23.0 Å². The third kappa shape index (κ3) is 4.04. The number of nitrogens with one attached hydrogen (secondary N) is 2. The van der Waals surface area contributed by atoms with Crippen LogP contribution in [0.4, 0.5) is 0 Å². The second kappa shape index (κ2) is 8.49. The van der Waals surface area contributed by atoms with Crippen molar-refractivity contribution in [2.24, 2.45) is 0 Å². The van der Waals surface area contributed by atoms with Gasteiger partial charge in [0.2, 0.25) is 11.1 Å². The van der Waals surface area contributed by atoms with Crippen LogP contribution in [-0.4, -0.2) is 26.0 Å². The van der Waals surface area contributed by atoms with Gasteiger partial charge in [-0.1, -0.05) is 65.8 Å². The zero-order valence-electron chi connectivity index (χ0n) is 16.2. The predicted octanol–water partition coefficient (Wildman–Crippen LogP) is 4.27. The zero-order chi connectivity index (χ0) is 21.2. The van der Waals surface area contributed by atoms with E-state index < -0.39 is 5.25 Å². The van der Waals surface area contributed by atoms with Gasteiger partial charge < -0.3 is 15.2 Å². The van der Waals surface area contributed by atoms with Gasteiger partial charge in [-0.15, -0.1) is 10.2 Å². The summed E-state index contributed by atoms with van der Waals surface area (Å²) in [4.78, 5) is 13.1. The molecule has 2 aromatic carbocycles. The van der Waals surface area contributed by atoms with Gasteiger partial charge in [-0.25, -0.2) is 4.68 Å². The molecular formula is C22H18ClN5O2S. The van der Waals surface area contributed by atoms with Gasteiger partial charge in [-0.3, -0.25) is 4.79 Å². The maximum absolute atomic E-state index is 13.1. The van der Waals surface area contributed by atoms with Crippen LogP contribution in [0, 0.1) is 0 Å². The molecule has 0 fully saturated rings. The van der Waals surface area contributed by atoms with Crippen molar-refractivity contribution in [1.82, 2.24) is 20.2 Å². The Morgan fingerprint density at radius 3 is 2.65 bits per heavy atom. The van der Waals surface area contributed by atoms with Crippen molar-refractivity contribution in [3.05, 3.63) is 89.3 Å². The van der Waals surface area contributed by atoms with Gasteiger partial charge in [-0.2, -0.15) is 0 Å². The maximum atomic E-state index is 13.1. The SMILES string of the molecule is O=C(NCc1ccco1)[C@@H]1Sc2nnc(-c3ccccc3)n2N[C@@H]1c1ccc(Cl)cc1. The first kappa shape index (κ1) is 19.7. The summed E-state index contributed by atoms with van der Waals surface area (Å²) >= 11 is 7.46. The van der Waals surface area contributed by atoms with Crippen LogP contribution in [0.25, 0.3) is 11.4 Å². The number of benzene rings is 2. The first-order valence-electron chi connectivity index (χ1n) is 9.68. The number of furan rings is 1. The molecule has 0 aliphatic carbocycles. The highest BCUT2D eigenvalue weighted by atomic mass is 35.5. The molecule has 2 aromatic heterocycles.